The first-order chi connectivity index (χ1) is 13.9. The minimum Gasteiger partial charge on any atom is -0.468 e. The molecule has 3 rings (SSSR count). The monoisotopic (exact) mass is 397 g/mol. The number of pyridine rings is 1. The average Bonchev–Trinajstić information content (AvgIpc) is 3.41. The van der Waals surface area contributed by atoms with Crippen molar-refractivity contribution in [2.45, 2.75) is 60.0 Å². The first-order valence-corrected chi connectivity index (χ1v) is 10.4. The maximum absolute atomic E-state index is 12.3. The molecule has 7 heteroatoms. The number of nitrogens with one attached hydrogen (secondary N) is 1. The lowest BCUT2D eigenvalue weighted by Gasteiger charge is -2.15. The van der Waals surface area contributed by atoms with Gasteiger partial charge in [-0.15, -0.1) is 0 Å². The van der Waals surface area contributed by atoms with Crippen molar-refractivity contribution in [3.8, 4) is 5.88 Å². The highest BCUT2D eigenvalue weighted by molar-refractivity contribution is 6.05. The van der Waals surface area contributed by atoms with Crippen LogP contribution in [0.5, 0.6) is 5.88 Å². The van der Waals surface area contributed by atoms with Gasteiger partial charge in [0.25, 0.3) is 5.91 Å². The Hall–Kier alpha value is -2.70. The van der Waals surface area contributed by atoms with E-state index in [1.165, 1.54) is 18.6 Å². The molecule has 0 spiro atoms. The molecule has 156 valence electrons. The Balaban J connectivity index is 1.61. The van der Waals surface area contributed by atoms with Gasteiger partial charge in [0.2, 0.25) is 5.88 Å². The van der Waals surface area contributed by atoms with Crippen molar-refractivity contribution in [1.29, 1.82) is 0 Å². The second-order valence-electron chi connectivity index (χ2n) is 7.55. The summed E-state index contributed by atoms with van der Waals surface area (Å²) >= 11 is 0. The molecule has 1 amide bonds. The smallest absolute Gasteiger partial charge is 0.258 e. The van der Waals surface area contributed by atoms with Gasteiger partial charge in [0.15, 0.2) is 6.61 Å². The largest absolute Gasteiger partial charge is 0.468 e. The summed E-state index contributed by atoms with van der Waals surface area (Å²) in [5.74, 6) is 0.828. The molecule has 0 saturated heterocycles. The van der Waals surface area contributed by atoms with Crippen molar-refractivity contribution in [2.75, 3.05) is 13.2 Å². The van der Waals surface area contributed by atoms with Gasteiger partial charge < -0.3 is 10.1 Å². The Labute approximate surface area is 172 Å². The fourth-order valence-corrected chi connectivity index (χ4v) is 3.48. The van der Waals surface area contributed by atoms with Crippen LogP contribution in [0.1, 0.15) is 62.2 Å². The van der Waals surface area contributed by atoms with Crippen LogP contribution in [0.2, 0.25) is 0 Å². The summed E-state index contributed by atoms with van der Waals surface area (Å²) in [5, 5.41) is 7.34. The van der Waals surface area contributed by atoms with Gasteiger partial charge in [-0.3, -0.25) is 14.5 Å². The van der Waals surface area contributed by atoms with E-state index in [4.69, 9.17) is 9.73 Å². The third-order valence-corrected chi connectivity index (χ3v) is 5.08. The summed E-state index contributed by atoms with van der Waals surface area (Å²) in [4.78, 5) is 21.6. The molecule has 7 nitrogen and oxygen atoms in total. The van der Waals surface area contributed by atoms with E-state index in [0.29, 0.717) is 11.8 Å². The molecular weight excluding hydrogens is 366 g/mol. The Kier molecular flexibility index (Phi) is 6.67. The van der Waals surface area contributed by atoms with Crippen LogP contribution in [-0.4, -0.2) is 39.5 Å². The number of carbonyl (C=O) groups is 1. The van der Waals surface area contributed by atoms with E-state index < -0.39 is 0 Å². The lowest BCUT2D eigenvalue weighted by atomic mass is 9.99. The highest BCUT2D eigenvalue weighted by Crippen LogP contribution is 2.35. The summed E-state index contributed by atoms with van der Waals surface area (Å²) in [6, 6.07) is 3.64. The zero-order valence-electron chi connectivity index (χ0n) is 18.0. The number of hydrogen-bond acceptors (Lipinski definition) is 5. The third-order valence-electron chi connectivity index (χ3n) is 5.08. The van der Waals surface area contributed by atoms with E-state index in [0.717, 1.165) is 35.6 Å². The van der Waals surface area contributed by atoms with Gasteiger partial charge in [-0.25, -0.2) is 4.98 Å². The van der Waals surface area contributed by atoms with Gasteiger partial charge in [0, 0.05) is 42.5 Å². The van der Waals surface area contributed by atoms with Crippen LogP contribution < -0.4 is 10.1 Å². The standard InChI is InChI=1S/C22H31N5O2/c1-6-23-22(17-8-9-17)21-14(3)12-20(25-16(21)5)29-13-19(28)24-15(4)18-10-11-27(7-2)26-18/h10-12,15,17H,6-9,13H2,1-5H3,(H,24,28). The molecule has 0 bridgehead atoms. The highest BCUT2D eigenvalue weighted by Gasteiger charge is 2.30. The number of ether oxygens (including phenoxy) is 1. The number of carbonyl (C=O) groups excluding carboxylic acids is 1. The number of amides is 1. The molecule has 1 unspecified atom stereocenters. The molecule has 1 saturated carbocycles. The number of rotatable bonds is 9. The van der Waals surface area contributed by atoms with Crippen LogP contribution in [-0.2, 0) is 11.3 Å². The van der Waals surface area contributed by atoms with E-state index in [9.17, 15) is 4.79 Å². The van der Waals surface area contributed by atoms with E-state index >= 15 is 0 Å². The first-order valence-electron chi connectivity index (χ1n) is 10.4. The normalized spacial score (nSPS) is 15.3. The van der Waals surface area contributed by atoms with Crippen molar-refractivity contribution in [3.05, 3.63) is 40.8 Å². The molecule has 0 radical (unpaired) electrons. The number of nitrogens with zero attached hydrogens (tertiary/aromatic N) is 4. The van der Waals surface area contributed by atoms with Gasteiger partial charge in [0.05, 0.1) is 17.4 Å². The van der Waals surface area contributed by atoms with E-state index in [1.807, 2.05) is 43.8 Å². The maximum Gasteiger partial charge on any atom is 0.258 e. The zero-order chi connectivity index (χ0) is 21.0. The molecule has 2 aromatic heterocycles. The fraction of sp³-hybridized carbons (Fsp3) is 0.545. The van der Waals surface area contributed by atoms with Gasteiger partial charge in [0.1, 0.15) is 0 Å². The van der Waals surface area contributed by atoms with Gasteiger partial charge in [-0.05, 0) is 59.1 Å². The van der Waals surface area contributed by atoms with Crippen molar-refractivity contribution in [1.82, 2.24) is 20.1 Å². The Morgan fingerprint density at radius 1 is 1.38 bits per heavy atom. The second-order valence-corrected chi connectivity index (χ2v) is 7.55. The third kappa shape index (κ3) is 5.22. The summed E-state index contributed by atoms with van der Waals surface area (Å²) in [5.41, 5.74) is 5.12. The number of aromatic nitrogens is 3. The van der Waals surface area contributed by atoms with E-state index in [1.54, 1.807) is 0 Å². The topological polar surface area (TPSA) is 81.4 Å². The molecule has 1 aliphatic rings. The van der Waals surface area contributed by atoms with Crippen LogP contribution in [0.25, 0.3) is 0 Å². The van der Waals surface area contributed by atoms with Gasteiger partial charge in [-0.1, -0.05) is 0 Å². The molecule has 2 heterocycles. The fourth-order valence-electron chi connectivity index (χ4n) is 3.48. The first kappa shape index (κ1) is 21.0. The number of aryl methyl sites for hydroxylation is 3. The molecule has 2 aromatic rings. The van der Waals surface area contributed by atoms with Crippen molar-refractivity contribution < 1.29 is 9.53 Å². The lowest BCUT2D eigenvalue weighted by Crippen LogP contribution is -2.31. The summed E-state index contributed by atoms with van der Waals surface area (Å²) in [7, 11) is 0. The molecule has 1 N–H and O–H groups in total. The van der Waals surface area contributed by atoms with E-state index in [2.05, 4.69) is 29.2 Å². The van der Waals surface area contributed by atoms with Crippen LogP contribution >= 0.6 is 0 Å². The predicted octanol–water partition coefficient (Wildman–Crippen LogP) is 3.39. The second kappa shape index (κ2) is 9.20. The molecule has 1 atom stereocenters. The molecule has 1 fully saturated rings. The van der Waals surface area contributed by atoms with Crippen molar-refractivity contribution in [3.63, 3.8) is 0 Å². The van der Waals surface area contributed by atoms with Crippen molar-refractivity contribution >= 4 is 11.6 Å². The van der Waals surface area contributed by atoms with Crippen LogP contribution in [0.15, 0.2) is 23.3 Å². The van der Waals surface area contributed by atoms with Gasteiger partial charge in [-0.2, -0.15) is 5.10 Å². The molecule has 29 heavy (non-hydrogen) atoms. The highest BCUT2D eigenvalue weighted by atomic mass is 16.5. The Bertz CT molecular complexity index is 875. The minimum absolute atomic E-state index is 0.0808. The zero-order valence-corrected chi connectivity index (χ0v) is 18.0. The molecule has 0 aromatic carbocycles. The minimum atomic E-state index is -0.198. The van der Waals surface area contributed by atoms with Crippen LogP contribution in [0.4, 0.5) is 0 Å². The van der Waals surface area contributed by atoms with Crippen LogP contribution in [0, 0.1) is 19.8 Å². The number of aliphatic imine (C=N–C) groups is 1. The van der Waals surface area contributed by atoms with Crippen molar-refractivity contribution in [2.24, 2.45) is 10.9 Å². The number of hydrogen-bond donors (Lipinski definition) is 1. The Morgan fingerprint density at radius 3 is 2.72 bits per heavy atom. The SMILES string of the molecule is CCN=C(c1c(C)cc(OCC(=O)NC(C)c2ccn(CC)n2)nc1C)C1CC1. The lowest BCUT2D eigenvalue weighted by molar-refractivity contribution is -0.123. The predicted molar refractivity (Wildman–Crippen MR) is 113 cm³/mol. The Morgan fingerprint density at radius 2 is 2.14 bits per heavy atom. The summed E-state index contributed by atoms with van der Waals surface area (Å²) in [6.07, 6.45) is 4.30. The molecule has 0 aliphatic heterocycles. The summed E-state index contributed by atoms with van der Waals surface area (Å²) < 4.78 is 7.51. The maximum atomic E-state index is 12.3. The van der Waals surface area contributed by atoms with Crippen LogP contribution in [0.3, 0.4) is 0 Å². The summed E-state index contributed by atoms with van der Waals surface area (Å²) in [6.45, 7) is 11.5. The van der Waals surface area contributed by atoms with Gasteiger partial charge >= 0.3 is 0 Å². The molecule has 1 aliphatic carbocycles. The van der Waals surface area contributed by atoms with E-state index in [-0.39, 0.29) is 18.6 Å². The quantitative estimate of drug-likeness (QED) is 0.658. The average molecular weight is 398 g/mol. The molecular formula is C22H31N5O2.